The maximum Gasteiger partial charge on any atom is 0.255 e. The normalized spacial score (nSPS) is 13.9. The zero-order valence-corrected chi connectivity index (χ0v) is 21.1. The summed E-state index contributed by atoms with van der Waals surface area (Å²) in [6.07, 6.45) is 3.29. The van der Waals surface area contributed by atoms with Crippen molar-refractivity contribution in [3.63, 3.8) is 0 Å². The molecule has 4 aromatic rings. The molecular weight excluding hydrogens is 472 g/mol. The number of anilines is 3. The van der Waals surface area contributed by atoms with Crippen LogP contribution < -0.4 is 20.7 Å². The second-order valence-electron chi connectivity index (χ2n) is 9.18. The number of hydrogen-bond acceptors (Lipinski definition) is 8. The summed E-state index contributed by atoms with van der Waals surface area (Å²) >= 11 is 0. The molecule has 0 aliphatic heterocycles. The van der Waals surface area contributed by atoms with E-state index < -0.39 is 5.54 Å². The van der Waals surface area contributed by atoms with Crippen LogP contribution >= 0.6 is 0 Å². The Balaban J connectivity index is 1.29. The first-order chi connectivity index (χ1) is 17.8. The summed E-state index contributed by atoms with van der Waals surface area (Å²) in [6, 6.07) is 14.3. The molecule has 5 rings (SSSR count). The molecule has 1 aliphatic carbocycles. The molecule has 1 aliphatic rings. The van der Waals surface area contributed by atoms with Crippen molar-refractivity contribution in [2.24, 2.45) is 0 Å². The molecule has 0 radical (unpaired) electrons. The molecule has 10 nitrogen and oxygen atoms in total. The predicted octanol–water partition coefficient (Wildman–Crippen LogP) is 4.46. The number of rotatable bonds is 8. The first kappa shape index (κ1) is 24.3. The highest BCUT2D eigenvalue weighted by Gasteiger charge is 2.51. The van der Waals surface area contributed by atoms with Gasteiger partial charge in [-0.1, -0.05) is 6.07 Å². The maximum atomic E-state index is 12.7. The van der Waals surface area contributed by atoms with Gasteiger partial charge in [0.25, 0.3) is 5.91 Å². The van der Waals surface area contributed by atoms with Gasteiger partial charge in [-0.25, -0.2) is 4.98 Å². The van der Waals surface area contributed by atoms with Gasteiger partial charge in [0.1, 0.15) is 22.6 Å². The Kier molecular flexibility index (Phi) is 6.26. The topological polar surface area (TPSA) is 122 Å². The lowest BCUT2D eigenvalue weighted by atomic mass is 10.1. The van der Waals surface area contributed by atoms with E-state index in [9.17, 15) is 9.59 Å². The van der Waals surface area contributed by atoms with E-state index in [0.717, 1.165) is 18.5 Å². The molecule has 1 saturated carbocycles. The Bertz CT molecular complexity index is 1490. The first-order valence-corrected chi connectivity index (χ1v) is 11.9. The van der Waals surface area contributed by atoms with Gasteiger partial charge in [0.05, 0.1) is 5.56 Å². The van der Waals surface area contributed by atoms with Crippen LogP contribution in [0.15, 0.2) is 59.1 Å². The van der Waals surface area contributed by atoms with Gasteiger partial charge < -0.3 is 25.1 Å². The van der Waals surface area contributed by atoms with Gasteiger partial charge in [0.15, 0.2) is 0 Å². The Morgan fingerprint density at radius 2 is 1.86 bits per heavy atom. The summed E-state index contributed by atoms with van der Waals surface area (Å²) in [5, 5.41) is 9.50. The van der Waals surface area contributed by atoms with E-state index >= 15 is 0 Å². The quantitative estimate of drug-likeness (QED) is 0.324. The molecule has 3 N–H and O–H groups in total. The summed E-state index contributed by atoms with van der Waals surface area (Å²) in [4.78, 5) is 35.6. The molecule has 190 valence electrons. The highest BCUT2D eigenvalue weighted by atomic mass is 16.5. The van der Waals surface area contributed by atoms with Crippen molar-refractivity contribution in [1.29, 1.82) is 0 Å². The monoisotopic (exact) mass is 500 g/mol. The van der Waals surface area contributed by atoms with Crippen molar-refractivity contribution in [2.45, 2.75) is 25.3 Å². The van der Waals surface area contributed by atoms with E-state index in [4.69, 9.17) is 9.15 Å². The Labute approximate surface area is 214 Å². The molecule has 1 fully saturated rings. The zero-order chi connectivity index (χ0) is 26.2. The highest BCUT2D eigenvalue weighted by molar-refractivity contribution is 6.07. The van der Waals surface area contributed by atoms with Crippen molar-refractivity contribution >= 4 is 40.1 Å². The third kappa shape index (κ3) is 4.83. The molecule has 0 spiro atoms. The fourth-order valence-corrected chi connectivity index (χ4v) is 4.30. The van der Waals surface area contributed by atoms with E-state index in [2.05, 4.69) is 25.9 Å². The lowest BCUT2D eigenvalue weighted by Gasteiger charge is -2.22. The van der Waals surface area contributed by atoms with E-state index in [1.54, 1.807) is 44.4 Å². The number of benzene rings is 2. The summed E-state index contributed by atoms with van der Waals surface area (Å²) in [6.45, 7) is 1.75. The van der Waals surface area contributed by atoms with Crippen molar-refractivity contribution in [2.75, 3.05) is 31.8 Å². The smallest absolute Gasteiger partial charge is 0.255 e. The average Bonchev–Trinajstić information content (AvgIpc) is 3.62. The minimum atomic E-state index is -0.417. The largest absolute Gasteiger partial charge is 0.460 e. The number of carbonyl (C=O) groups is 2. The maximum absolute atomic E-state index is 12.7. The molecule has 2 aromatic carbocycles. The standard InChI is InChI=1S/C27H28N6O4/c1-16-23(24(34)28-2)20-9-8-19(15-21(20)36-16)37-22-10-13-29-26(32-22)31-18-7-5-6-17(14-18)30-25(35)27(11-12-27)33(3)4/h5-10,13-15H,11-12H2,1-4H3,(H,28,34)(H,30,35)(H,29,31,32). The van der Waals surface area contributed by atoms with Crippen molar-refractivity contribution in [1.82, 2.24) is 20.2 Å². The molecule has 0 bridgehead atoms. The summed E-state index contributed by atoms with van der Waals surface area (Å²) < 4.78 is 11.7. The summed E-state index contributed by atoms with van der Waals surface area (Å²) in [7, 11) is 5.43. The minimum Gasteiger partial charge on any atom is -0.460 e. The number of likely N-dealkylation sites (N-methyl/N-ethyl adjacent to an activating group) is 1. The summed E-state index contributed by atoms with van der Waals surface area (Å²) in [5.74, 6) is 1.50. The van der Waals surface area contributed by atoms with Crippen molar-refractivity contribution in [3.05, 3.63) is 66.1 Å². The van der Waals surface area contributed by atoms with Crippen molar-refractivity contribution in [3.8, 4) is 11.6 Å². The third-order valence-electron chi connectivity index (χ3n) is 6.52. The Hall–Kier alpha value is -4.44. The van der Waals surface area contributed by atoms with Gasteiger partial charge in [0, 0.05) is 42.1 Å². The Morgan fingerprint density at radius 3 is 2.59 bits per heavy atom. The van der Waals surface area contributed by atoms with E-state index in [0.29, 0.717) is 45.6 Å². The lowest BCUT2D eigenvalue weighted by molar-refractivity contribution is -0.121. The number of hydrogen-bond donors (Lipinski definition) is 3. The van der Waals surface area contributed by atoms with Crippen LogP contribution in [-0.4, -0.2) is 53.4 Å². The van der Waals surface area contributed by atoms with Crippen LogP contribution in [0.4, 0.5) is 17.3 Å². The van der Waals surface area contributed by atoms with Crippen LogP contribution in [0.1, 0.15) is 29.0 Å². The number of nitrogens with one attached hydrogen (secondary N) is 3. The van der Waals surface area contributed by atoms with Crippen LogP contribution in [0.3, 0.4) is 0 Å². The number of amides is 2. The van der Waals surface area contributed by atoms with Gasteiger partial charge in [-0.15, -0.1) is 0 Å². The fourth-order valence-electron chi connectivity index (χ4n) is 4.30. The number of aryl methyl sites for hydroxylation is 1. The first-order valence-electron chi connectivity index (χ1n) is 11.9. The van der Waals surface area contributed by atoms with E-state index in [1.165, 1.54) is 0 Å². The number of fused-ring (bicyclic) bond motifs is 1. The molecule has 0 atom stereocenters. The van der Waals surface area contributed by atoms with Crippen LogP contribution in [0.5, 0.6) is 11.6 Å². The second kappa shape index (κ2) is 9.55. The van der Waals surface area contributed by atoms with Gasteiger partial charge in [-0.05, 0) is 64.2 Å². The van der Waals surface area contributed by atoms with Crippen LogP contribution in [0, 0.1) is 6.92 Å². The fraction of sp³-hybridized carbons (Fsp3) is 0.259. The molecule has 2 amide bonds. The molecule has 2 aromatic heterocycles. The van der Waals surface area contributed by atoms with Crippen molar-refractivity contribution < 1.29 is 18.7 Å². The number of nitrogens with zero attached hydrogens (tertiary/aromatic N) is 3. The second-order valence-corrected chi connectivity index (χ2v) is 9.18. The van der Waals surface area contributed by atoms with Crippen LogP contribution in [0.25, 0.3) is 11.0 Å². The molecule has 2 heterocycles. The molecule has 0 unspecified atom stereocenters. The van der Waals surface area contributed by atoms with Crippen LogP contribution in [0.2, 0.25) is 0 Å². The molecule has 37 heavy (non-hydrogen) atoms. The highest BCUT2D eigenvalue weighted by Crippen LogP contribution is 2.41. The number of aromatic nitrogens is 2. The molecule has 10 heteroatoms. The minimum absolute atomic E-state index is 0.00698. The Morgan fingerprint density at radius 1 is 1.08 bits per heavy atom. The number of furan rings is 1. The predicted molar refractivity (Wildman–Crippen MR) is 140 cm³/mol. The van der Waals surface area contributed by atoms with Gasteiger partial charge in [-0.2, -0.15) is 4.98 Å². The average molecular weight is 501 g/mol. The van der Waals surface area contributed by atoms with Gasteiger partial charge in [-0.3, -0.25) is 14.5 Å². The van der Waals surface area contributed by atoms with Gasteiger partial charge >= 0.3 is 0 Å². The summed E-state index contributed by atoms with van der Waals surface area (Å²) in [5.41, 5.74) is 2.04. The number of ether oxygens (including phenoxy) is 1. The molecule has 0 saturated heterocycles. The van der Waals surface area contributed by atoms with Gasteiger partial charge in [0.2, 0.25) is 17.7 Å². The lowest BCUT2D eigenvalue weighted by Crippen LogP contribution is -2.42. The zero-order valence-electron chi connectivity index (χ0n) is 21.1. The van der Waals surface area contributed by atoms with E-state index in [-0.39, 0.29) is 11.8 Å². The van der Waals surface area contributed by atoms with Crippen LogP contribution in [-0.2, 0) is 4.79 Å². The SMILES string of the molecule is CNC(=O)c1c(C)oc2cc(Oc3ccnc(Nc4cccc(NC(=O)C5(N(C)C)CC5)c4)n3)ccc12. The molecular formula is C27H28N6O4. The third-order valence-corrected chi connectivity index (χ3v) is 6.52. The van der Waals surface area contributed by atoms with E-state index in [1.807, 2.05) is 43.3 Å². The number of carbonyl (C=O) groups excluding carboxylic acids is 2.